The van der Waals surface area contributed by atoms with Crippen LogP contribution in [0.2, 0.25) is 0 Å². The second-order valence-corrected chi connectivity index (χ2v) is 9.32. The highest BCUT2D eigenvalue weighted by Crippen LogP contribution is 2.64. The Hall–Kier alpha value is -1.87. The quantitative estimate of drug-likeness (QED) is 0.819. The summed E-state index contributed by atoms with van der Waals surface area (Å²) in [6.45, 7) is 2.34. The predicted molar refractivity (Wildman–Crippen MR) is 106 cm³/mol. The molecule has 3 aliphatic rings. The molecular weight excluding hydrogens is 334 g/mol. The van der Waals surface area contributed by atoms with Gasteiger partial charge in [-0.2, -0.15) is 0 Å². The first-order valence-electron chi connectivity index (χ1n) is 10.4. The summed E-state index contributed by atoms with van der Waals surface area (Å²) in [7, 11) is 0. The zero-order valence-corrected chi connectivity index (χ0v) is 16.1. The van der Waals surface area contributed by atoms with Crippen LogP contribution in [-0.4, -0.2) is 20.8 Å². The number of pyridine rings is 1. The van der Waals surface area contributed by atoms with Gasteiger partial charge < -0.3 is 10.2 Å². The van der Waals surface area contributed by atoms with Crippen LogP contribution in [0.3, 0.4) is 0 Å². The van der Waals surface area contributed by atoms with E-state index in [0.717, 1.165) is 37.8 Å². The Bertz CT molecular complexity index is 851. The third-order valence-electron chi connectivity index (χ3n) is 8.23. The largest absolute Gasteiger partial charge is 0.508 e. The number of aromatic hydroxyl groups is 1. The van der Waals surface area contributed by atoms with Crippen LogP contribution >= 0.6 is 0 Å². The van der Waals surface area contributed by atoms with Gasteiger partial charge in [0.05, 0.1) is 5.60 Å². The van der Waals surface area contributed by atoms with Gasteiger partial charge in [0.25, 0.3) is 0 Å². The van der Waals surface area contributed by atoms with Gasteiger partial charge in [0, 0.05) is 18.3 Å². The molecule has 1 aromatic heterocycles. The lowest BCUT2D eigenvalue weighted by molar-refractivity contribution is -0.102. The molecule has 2 N–H and O–H groups in total. The Labute approximate surface area is 161 Å². The summed E-state index contributed by atoms with van der Waals surface area (Å²) in [5.41, 5.74) is 3.12. The zero-order valence-electron chi connectivity index (χ0n) is 16.1. The van der Waals surface area contributed by atoms with E-state index < -0.39 is 5.60 Å². The molecular formula is C24H29NO2. The Morgan fingerprint density at radius 2 is 2.00 bits per heavy atom. The molecule has 0 amide bonds. The lowest BCUT2D eigenvalue weighted by atomic mass is 9.53. The van der Waals surface area contributed by atoms with Gasteiger partial charge in [0.2, 0.25) is 0 Å². The molecule has 2 aromatic rings. The van der Waals surface area contributed by atoms with Crippen molar-refractivity contribution in [3.05, 3.63) is 59.4 Å². The third-order valence-corrected chi connectivity index (χ3v) is 8.23. The average Bonchev–Trinajstić information content (AvgIpc) is 2.93. The molecule has 0 unspecified atom stereocenters. The Kier molecular flexibility index (Phi) is 3.87. The smallest absolute Gasteiger partial charge is 0.115 e. The van der Waals surface area contributed by atoms with Crippen molar-refractivity contribution in [2.24, 2.45) is 17.3 Å². The highest BCUT2D eigenvalue weighted by molar-refractivity contribution is 5.40. The summed E-state index contributed by atoms with van der Waals surface area (Å²) < 4.78 is 0. The maximum Gasteiger partial charge on any atom is 0.115 e. The maximum atomic E-state index is 11.7. The van der Waals surface area contributed by atoms with Crippen LogP contribution in [0.5, 0.6) is 5.75 Å². The summed E-state index contributed by atoms with van der Waals surface area (Å²) in [5.74, 6) is 2.20. The molecule has 3 aliphatic carbocycles. The first kappa shape index (κ1) is 17.2. The van der Waals surface area contributed by atoms with E-state index in [2.05, 4.69) is 18.0 Å². The summed E-state index contributed by atoms with van der Waals surface area (Å²) in [6.07, 6.45) is 8.95. The second kappa shape index (κ2) is 6.07. The number of fused-ring (bicyclic) bond motifs is 5. The van der Waals surface area contributed by atoms with Crippen LogP contribution in [0.15, 0.2) is 42.6 Å². The van der Waals surface area contributed by atoms with E-state index in [9.17, 15) is 10.2 Å². The highest BCUT2D eigenvalue weighted by atomic mass is 16.3. The number of hydrogen-bond donors (Lipinski definition) is 2. The van der Waals surface area contributed by atoms with Crippen molar-refractivity contribution in [2.75, 3.05) is 0 Å². The summed E-state index contributed by atoms with van der Waals surface area (Å²) >= 11 is 0. The minimum Gasteiger partial charge on any atom is -0.508 e. The predicted octanol–water partition coefficient (Wildman–Crippen LogP) is 4.62. The van der Waals surface area contributed by atoms with Gasteiger partial charge in [0.15, 0.2) is 0 Å². The lowest BCUT2D eigenvalue weighted by Crippen LogP contribution is -2.52. The third kappa shape index (κ3) is 2.55. The van der Waals surface area contributed by atoms with Crippen molar-refractivity contribution in [2.45, 2.75) is 63.4 Å². The van der Waals surface area contributed by atoms with Crippen LogP contribution in [0, 0.1) is 17.3 Å². The van der Waals surface area contributed by atoms with E-state index >= 15 is 0 Å². The number of phenols is 1. The van der Waals surface area contributed by atoms with Crippen LogP contribution < -0.4 is 0 Å². The van der Waals surface area contributed by atoms with E-state index in [4.69, 9.17) is 0 Å². The van der Waals surface area contributed by atoms with Gasteiger partial charge in [-0.25, -0.2) is 0 Å². The average molecular weight is 364 g/mol. The Balaban J connectivity index is 1.45. The second-order valence-electron chi connectivity index (χ2n) is 9.32. The normalized spacial score (nSPS) is 37.3. The van der Waals surface area contributed by atoms with Crippen molar-refractivity contribution >= 4 is 0 Å². The van der Waals surface area contributed by atoms with E-state index in [1.807, 2.05) is 36.5 Å². The van der Waals surface area contributed by atoms with Crippen molar-refractivity contribution < 1.29 is 10.2 Å². The van der Waals surface area contributed by atoms with Crippen molar-refractivity contribution in [3.8, 4) is 5.75 Å². The molecule has 142 valence electrons. The fourth-order valence-electron chi connectivity index (χ4n) is 6.77. The standard InChI is InChI=1S/C24H29NO2/c1-23-11-9-20-19-8-6-18(26)14-16(19)5-7-21(20)22(23)10-12-24(23,27)15-17-4-2-3-13-25-17/h2-4,6,8,13-14,20-22,26-27H,5,7,9-12,15H2,1H3/t20-,21-,22+,23+,24-/m1/s1. The van der Waals surface area contributed by atoms with Crippen molar-refractivity contribution in [1.29, 1.82) is 0 Å². The number of hydrogen-bond acceptors (Lipinski definition) is 3. The van der Waals surface area contributed by atoms with Crippen molar-refractivity contribution in [3.63, 3.8) is 0 Å². The van der Waals surface area contributed by atoms with Gasteiger partial charge in [-0.15, -0.1) is 0 Å². The first-order chi connectivity index (χ1) is 13.0. The molecule has 0 bridgehead atoms. The van der Waals surface area contributed by atoms with Gasteiger partial charge in [0.1, 0.15) is 5.75 Å². The van der Waals surface area contributed by atoms with Gasteiger partial charge in [-0.05, 0) is 97.1 Å². The number of phenolic OH excluding ortho intramolecular Hbond substituents is 1. The molecule has 3 nitrogen and oxygen atoms in total. The van der Waals surface area contributed by atoms with E-state index in [1.165, 1.54) is 17.5 Å². The van der Waals surface area contributed by atoms with Crippen molar-refractivity contribution in [1.82, 2.24) is 4.98 Å². The molecule has 2 saturated carbocycles. The molecule has 3 heteroatoms. The Morgan fingerprint density at radius 1 is 1.11 bits per heavy atom. The minimum atomic E-state index is -0.647. The molecule has 0 saturated heterocycles. The van der Waals surface area contributed by atoms with Gasteiger partial charge >= 0.3 is 0 Å². The minimum absolute atomic E-state index is 0.0277. The molecule has 0 aliphatic heterocycles. The Morgan fingerprint density at radius 3 is 2.81 bits per heavy atom. The molecule has 0 spiro atoms. The van der Waals surface area contributed by atoms with Crippen LogP contribution in [0.25, 0.3) is 0 Å². The summed E-state index contributed by atoms with van der Waals surface area (Å²) in [6, 6.07) is 12.0. The molecule has 27 heavy (non-hydrogen) atoms. The zero-order chi connectivity index (χ0) is 18.6. The first-order valence-corrected chi connectivity index (χ1v) is 10.4. The van der Waals surface area contributed by atoms with Gasteiger partial charge in [-0.3, -0.25) is 4.98 Å². The molecule has 5 rings (SSSR count). The fourth-order valence-corrected chi connectivity index (χ4v) is 6.77. The number of nitrogens with zero attached hydrogens (tertiary/aromatic N) is 1. The van der Waals surface area contributed by atoms with Crippen LogP contribution in [0.4, 0.5) is 0 Å². The highest BCUT2D eigenvalue weighted by Gasteiger charge is 2.61. The van der Waals surface area contributed by atoms with E-state index in [-0.39, 0.29) is 5.41 Å². The number of rotatable bonds is 2. The monoisotopic (exact) mass is 363 g/mol. The number of aromatic nitrogens is 1. The van der Waals surface area contributed by atoms with E-state index in [0.29, 0.717) is 29.9 Å². The summed E-state index contributed by atoms with van der Waals surface area (Å²) in [5, 5.41) is 21.6. The van der Waals surface area contributed by atoms with E-state index in [1.54, 1.807) is 0 Å². The molecule has 0 radical (unpaired) electrons. The number of aryl methyl sites for hydroxylation is 1. The van der Waals surface area contributed by atoms with Crippen LogP contribution in [0.1, 0.15) is 61.8 Å². The van der Waals surface area contributed by atoms with Gasteiger partial charge in [-0.1, -0.05) is 19.1 Å². The molecule has 1 aromatic carbocycles. The maximum absolute atomic E-state index is 11.7. The lowest BCUT2D eigenvalue weighted by Gasteiger charge is -2.53. The number of aliphatic hydroxyl groups is 1. The fraction of sp³-hybridized carbons (Fsp3) is 0.542. The molecule has 2 fully saturated rings. The van der Waals surface area contributed by atoms with Crippen LogP contribution in [-0.2, 0) is 12.8 Å². The number of benzene rings is 1. The summed E-state index contributed by atoms with van der Waals surface area (Å²) in [4.78, 5) is 4.49. The molecule has 1 heterocycles. The SMILES string of the molecule is C[C@]12CC[C@@H]3c4ccc(O)cc4CC[C@H]3[C@@H]1CC[C@@]2(O)Cc1ccccn1. The topological polar surface area (TPSA) is 53.4 Å². The molecule has 5 atom stereocenters.